The summed E-state index contributed by atoms with van der Waals surface area (Å²) in [7, 11) is 0. The topological polar surface area (TPSA) is 116 Å². The van der Waals surface area contributed by atoms with E-state index in [-0.39, 0.29) is 27.3 Å². The van der Waals surface area contributed by atoms with Crippen molar-refractivity contribution in [3.05, 3.63) is 78.5 Å². The Balaban J connectivity index is 1.46. The van der Waals surface area contributed by atoms with Crippen LogP contribution in [-0.4, -0.2) is 19.7 Å². The summed E-state index contributed by atoms with van der Waals surface area (Å²) < 4.78 is 6.94. The number of ether oxygens (including phenoxy) is 1. The van der Waals surface area contributed by atoms with Crippen molar-refractivity contribution in [2.75, 3.05) is 5.73 Å². The number of aromatic amines is 1. The van der Waals surface area contributed by atoms with Crippen LogP contribution in [-0.2, 0) is 0 Å². The highest BCUT2D eigenvalue weighted by Crippen LogP contribution is 2.39. The molecule has 1 aliphatic rings. The number of hydrogen-bond acceptors (Lipinski definition) is 6. The molecule has 0 bridgehead atoms. The van der Waals surface area contributed by atoms with Crippen LogP contribution in [0.2, 0.25) is 10.0 Å². The van der Waals surface area contributed by atoms with Crippen LogP contribution in [0.25, 0.3) is 16.6 Å². The maximum absolute atomic E-state index is 12.1. The van der Waals surface area contributed by atoms with Crippen LogP contribution in [0.3, 0.4) is 0 Å². The van der Waals surface area contributed by atoms with Crippen LogP contribution in [0, 0.1) is 6.92 Å². The lowest BCUT2D eigenvalue weighted by Gasteiger charge is -2.22. The second-order valence-electron chi connectivity index (χ2n) is 8.77. The normalized spacial score (nSPS) is 14.4. The second kappa shape index (κ2) is 9.36. The Morgan fingerprint density at radius 3 is 2.49 bits per heavy atom. The van der Waals surface area contributed by atoms with E-state index in [1.165, 1.54) is 44.2 Å². The number of aryl methyl sites for hydroxylation is 1. The van der Waals surface area contributed by atoms with Crippen LogP contribution < -0.4 is 21.7 Å². The van der Waals surface area contributed by atoms with Crippen molar-refractivity contribution >= 4 is 39.9 Å². The summed E-state index contributed by atoms with van der Waals surface area (Å²) >= 11 is 12.9. The molecule has 8 nitrogen and oxygen atoms in total. The zero-order chi connectivity index (χ0) is 24.7. The van der Waals surface area contributed by atoms with Gasteiger partial charge in [0.1, 0.15) is 5.75 Å². The molecular formula is C25H23Cl2N5O3. The maximum atomic E-state index is 12.1. The lowest BCUT2D eigenvalue weighted by atomic mass is 9.86. The predicted octanol–water partition coefficient (Wildman–Crippen LogP) is 5.51. The summed E-state index contributed by atoms with van der Waals surface area (Å²) in [6.07, 6.45) is 6.22. The molecule has 2 heterocycles. The molecule has 1 aliphatic carbocycles. The van der Waals surface area contributed by atoms with E-state index in [0.29, 0.717) is 11.7 Å². The van der Waals surface area contributed by atoms with E-state index in [1.54, 1.807) is 0 Å². The average molecular weight is 512 g/mol. The minimum absolute atomic E-state index is 0.161. The minimum Gasteiger partial charge on any atom is -0.454 e. The fraction of sp³-hybridized carbons (Fsp3) is 0.280. The lowest BCUT2D eigenvalue weighted by Crippen LogP contribution is -2.33. The number of rotatable bonds is 4. The second-order valence-corrected chi connectivity index (χ2v) is 9.59. The summed E-state index contributed by atoms with van der Waals surface area (Å²) in [5.41, 5.74) is 7.45. The summed E-state index contributed by atoms with van der Waals surface area (Å²) in [5, 5.41) is 5.11. The van der Waals surface area contributed by atoms with E-state index in [4.69, 9.17) is 38.7 Å². The SMILES string of the molecule is Cc1cc(C2CCCCC2)nc2ccc(Oc3c(Cl)cc(-n4nc(N)c(=O)[nH]c4=O)cc3Cl)cc12. The molecule has 2 aromatic carbocycles. The number of pyridine rings is 1. The number of H-pyrrole nitrogens is 1. The maximum Gasteiger partial charge on any atom is 0.349 e. The van der Waals surface area contributed by atoms with Gasteiger partial charge in [0.2, 0.25) is 5.82 Å². The van der Waals surface area contributed by atoms with Gasteiger partial charge in [-0.05, 0) is 61.7 Å². The van der Waals surface area contributed by atoms with E-state index in [9.17, 15) is 9.59 Å². The van der Waals surface area contributed by atoms with Crippen LogP contribution in [0.4, 0.5) is 5.82 Å². The molecule has 10 heteroatoms. The minimum atomic E-state index is -0.768. The van der Waals surface area contributed by atoms with Gasteiger partial charge in [0.25, 0.3) is 5.56 Å². The number of nitrogens with zero attached hydrogens (tertiary/aromatic N) is 3. The molecule has 0 spiro atoms. The van der Waals surface area contributed by atoms with Gasteiger partial charge >= 0.3 is 5.69 Å². The molecule has 2 aromatic heterocycles. The molecule has 35 heavy (non-hydrogen) atoms. The van der Waals surface area contributed by atoms with E-state index in [2.05, 4.69) is 23.1 Å². The molecule has 0 saturated heterocycles. The van der Waals surface area contributed by atoms with Crippen molar-refractivity contribution in [3.63, 3.8) is 0 Å². The van der Waals surface area contributed by atoms with Gasteiger partial charge in [0.15, 0.2) is 5.75 Å². The number of aromatic nitrogens is 4. The first-order valence-corrected chi connectivity index (χ1v) is 12.1. The van der Waals surface area contributed by atoms with Gasteiger partial charge in [-0.15, -0.1) is 5.10 Å². The summed E-state index contributed by atoms with van der Waals surface area (Å²) in [5.74, 6) is 0.946. The monoisotopic (exact) mass is 511 g/mol. The highest BCUT2D eigenvalue weighted by atomic mass is 35.5. The fourth-order valence-corrected chi connectivity index (χ4v) is 5.09. The zero-order valence-corrected chi connectivity index (χ0v) is 20.5. The first-order valence-electron chi connectivity index (χ1n) is 11.4. The van der Waals surface area contributed by atoms with E-state index >= 15 is 0 Å². The van der Waals surface area contributed by atoms with E-state index in [1.807, 2.05) is 18.2 Å². The number of fused-ring (bicyclic) bond motifs is 1. The fourth-order valence-electron chi connectivity index (χ4n) is 4.54. The number of hydrogen-bond donors (Lipinski definition) is 2. The zero-order valence-electron chi connectivity index (χ0n) is 19.0. The molecule has 5 rings (SSSR count). The average Bonchev–Trinajstić information content (AvgIpc) is 2.84. The number of anilines is 1. The van der Waals surface area contributed by atoms with Crippen LogP contribution in [0.15, 0.2) is 46.0 Å². The Hall–Kier alpha value is -3.36. The van der Waals surface area contributed by atoms with E-state index < -0.39 is 11.2 Å². The van der Waals surface area contributed by atoms with Crippen molar-refractivity contribution in [1.82, 2.24) is 19.7 Å². The molecule has 1 saturated carbocycles. The Morgan fingerprint density at radius 2 is 1.77 bits per heavy atom. The third-order valence-corrected chi connectivity index (χ3v) is 6.89. The van der Waals surface area contributed by atoms with E-state index in [0.717, 1.165) is 26.8 Å². The van der Waals surface area contributed by atoms with Crippen LogP contribution in [0.5, 0.6) is 11.5 Å². The Morgan fingerprint density at radius 1 is 1.06 bits per heavy atom. The van der Waals surface area contributed by atoms with Crippen molar-refractivity contribution in [2.24, 2.45) is 0 Å². The van der Waals surface area contributed by atoms with Gasteiger partial charge in [0.05, 0.1) is 21.2 Å². The summed E-state index contributed by atoms with van der Waals surface area (Å²) in [4.78, 5) is 30.7. The van der Waals surface area contributed by atoms with Gasteiger partial charge < -0.3 is 10.5 Å². The largest absolute Gasteiger partial charge is 0.454 e. The van der Waals surface area contributed by atoms with Crippen molar-refractivity contribution in [1.29, 1.82) is 0 Å². The molecule has 0 atom stereocenters. The molecule has 3 N–H and O–H groups in total. The number of benzene rings is 2. The molecule has 0 aliphatic heterocycles. The third kappa shape index (κ3) is 4.63. The first kappa shape index (κ1) is 23.4. The standard InChI is InChI=1S/C25H23Cl2N5O3/c1-13-9-21(14-5-3-2-4-6-14)29-20-8-7-16(12-17(13)20)35-22-18(26)10-15(11-19(22)27)32-25(34)30-24(33)23(28)31-32/h7-12,14H,2-6H2,1H3,(H2,28,31)(H,30,33,34). The molecular weight excluding hydrogens is 489 g/mol. The predicted molar refractivity (Wildman–Crippen MR) is 137 cm³/mol. The molecule has 0 unspecified atom stereocenters. The Kier molecular flexibility index (Phi) is 6.25. The Bertz CT molecular complexity index is 1530. The number of nitrogen functional groups attached to an aromatic ring is 1. The Labute approximate surface area is 210 Å². The third-order valence-electron chi connectivity index (χ3n) is 6.33. The highest BCUT2D eigenvalue weighted by Gasteiger charge is 2.19. The van der Waals surface area contributed by atoms with Gasteiger partial charge in [-0.25, -0.2) is 4.79 Å². The number of halogens is 2. The summed E-state index contributed by atoms with van der Waals surface area (Å²) in [6.45, 7) is 2.08. The molecule has 0 radical (unpaired) electrons. The van der Waals surface area contributed by atoms with Gasteiger partial charge in [-0.3, -0.25) is 14.8 Å². The molecule has 180 valence electrons. The number of nitrogens with one attached hydrogen (secondary N) is 1. The van der Waals surface area contributed by atoms with Crippen molar-refractivity contribution in [3.8, 4) is 17.2 Å². The van der Waals surface area contributed by atoms with Gasteiger partial charge in [-0.1, -0.05) is 42.5 Å². The first-order chi connectivity index (χ1) is 16.8. The lowest BCUT2D eigenvalue weighted by molar-refractivity contribution is 0.437. The van der Waals surface area contributed by atoms with Gasteiger partial charge in [-0.2, -0.15) is 4.68 Å². The number of nitrogens with two attached hydrogens (primary N) is 1. The van der Waals surface area contributed by atoms with Gasteiger partial charge in [0, 0.05) is 17.0 Å². The van der Waals surface area contributed by atoms with Crippen molar-refractivity contribution in [2.45, 2.75) is 44.9 Å². The molecule has 4 aromatic rings. The smallest absolute Gasteiger partial charge is 0.349 e. The molecule has 0 amide bonds. The van der Waals surface area contributed by atoms with Crippen LogP contribution in [0.1, 0.15) is 49.3 Å². The quantitative estimate of drug-likeness (QED) is 0.373. The van der Waals surface area contributed by atoms with Crippen LogP contribution >= 0.6 is 23.2 Å². The van der Waals surface area contributed by atoms with Crippen molar-refractivity contribution < 1.29 is 4.74 Å². The molecule has 1 fully saturated rings. The summed E-state index contributed by atoms with van der Waals surface area (Å²) in [6, 6.07) is 10.8. The highest BCUT2D eigenvalue weighted by molar-refractivity contribution is 6.37.